The van der Waals surface area contributed by atoms with Crippen molar-refractivity contribution >= 4 is 0 Å². The van der Waals surface area contributed by atoms with Crippen molar-refractivity contribution in [1.82, 2.24) is 0 Å². The van der Waals surface area contributed by atoms with Crippen LogP contribution in [0.25, 0.3) is 0 Å². The first kappa shape index (κ1) is 15.2. The van der Waals surface area contributed by atoms with E-state index in [9.17, 15) is 22.0 Å². The summed E-state index contributed by atoms with van der Waals surface area (Å²) < 4.78 is 64.5. The Balaban J connectivity index is 2.76. The van der Waals surface area contributed by atoms with Crippen LogP contribution in [0, 0.1) is 11.8 Å². The van der Waals surface area contributed by atoms with E-state index in [1.807, 2.05) is 0 Å². The largest absolute Gasteiger partial charge is 0.499 e. The van der Waals surface area contributed by atoms with E-state index in [-0.39, 0.29) is 0 Å². The average Bonchev–Trinajstić information content (AvgIpc) is 2.30. The van der Waals surface area contributed by atoms with Crippen LogP contribution in [0.2, 0.25) is 0 Å². The molecule has 0 heterocycles. The minimum absolute atomic E-state index is 0.381. The fraction of sp³-hybridized carbons (Fsp3) is 0.333. The molecule has 0 spiro atoms. The monoisotopic (exact) mass is 279 g/mol. The normalized spacial score (nSPS) is 11.7. The second-order valence-corrected chi connectivity index (χ2v) is 3.48. The molecule has 0 saturated carbocycles. The van der Waals surface area contributed by atoms with Crippen LogP contribution in [0.4, 0.5) is 22.0 Å². The SMILES string of the molecule is NCCC#Cc1ccc(OC(F)(F)C(F)(F)F)cc1. The first-order valence-electron chi connectivity index (χ1n) is 5.19. The number of nitrogens with two attached hydrogens (primary N) is 1. The lowest BCUT2D eigenvalue weighted by molar-refractivity contribution is -0.360. The molecule has 0 aliphatic carbocycles. The molecule has 2 N–H and O–H groups in total. The van der Waals surface area contributed by atoms with Crippen molar-refractivity contribution in [3.05, 3.63) is 29.8 Å². The second-order valence-electron chi connectivity index (χ2n) is 3.48. The first-order valence-corrected chi connectivity index (χ1v) is 5.19. The molecule has 19 heavy (non-hydrogen) atoms. The molecule has 0 saturated heterocycles. The summed E-state index contributed by atoms with van der Waals surface area (Å²) in [7, 11) is 0. The lowest BCUT2D eigenvalue weighted by Crippen LogP contribution is -2.41. The molecule has 0 atom stereocenters. The zero-order valence-electron chi connectivity index (χ0n) is 9.60. The van der Waals surface area contributed by atoms with Crippen LogP contribution in [-0.4, -0.2) is 18.8 Å². The van der Waals surface area contributed by atoms with E-state index in [0.29, 0.717) is 18.5 Å². The molecule has 0 amide bonds. The van der Waals surface area contributed by atoms with Crippen LogP contribution >= 0.6 is 0 Å². The van der Waals surface area contributed by atoms with Gasteiger partial charge in [0.1, 0.15) is 5.75 Å². The highest BCUT2D eigenvalue weighted by Crippen LogP contribution is 2.37. The highest BCUT2D eigenvalue weighted by molar-refractivity contribution is 5.38. The number of ether oxygens (including phenoxy) is 1. The Morgan fingerprint density at radius 2 is 1.63 bits per heavy atom. The number of alkyl halides is 5. The molecule has 1 rings (SSSR count). The van der Waals surface area contributed by atoms with Gasteiger partial charge < -0.3 is 10.5 Å². The van der Waals surface area contributed by atoms with Gasteiger partial charge in [-0.15, -0.1) is 0 Å². The molecule has 1 aromatic rings. The van der Waals surface area contributed by atoms with Gasteiger partial charge in [0.05, 0.1) is 0 Å². The Morgan fingerprint density at radius 3 is 2.11 bits per heavy atom. The van der Waals surface area contributed by atoms with Crippen molar-refractivity contribution in [2.75, 3.05) is 6.54 Å². The molecule has 7 heteroatoms. The van der Waals surface area contributed by atoms with E-state index >= 15 is 0 Å². The Labute approximate surface area is 106 Å². The summed E-state index contributed by atoms with van der Waals surface area (Å²) in [5.74, 6) is 4.78. The van der Waals surface area contributed by atoms with Gasteiger partial charge in [0, 0.05) is 18.5 Å². The summed E-state index contributed by atoms with van der Waals surface area (Å²) in [5, 5.41) is 0. The van der Waals surface area contributed by atoms with E-state index in [1.54, 1.807) is 0 Å². The summed E-state index contributed by atoms with van der Waals surface area (Å²) in [5.41, 5.74) is 5.68. The third-order valence-electron chi connectivity index (χ3n) is 1.93. The summed E-state index contributed by atoms with van der Waals surface area (Å²) >= 11 is 0. The fourth-order valence-corrected chi connectivity index (χ4v) is 1.05. The van der Waals surface area contributed by atoms with Crippen LogP contribution in [0.5, 0.6) is 5.75 Å². The predicted octanol–water partition coefficient (Wildman–Crippen LogP) is 2.92. The van der Waals surface area contributed by atoms with Crippen molar-refractivity contribution in [2.45, 2.75) is 18.7 Å². The molecule has 0 aliphatic heterocycles. The van der Waals surface area contributed by atoms with E-state index in [1.165, 1.54) is 12.1 Å². The van der Waals surface area contributed by atoms with Crippen molar-refractivity contribution < 1.29 is 26.7 Å². The Hall–Kier alpha value is -1.81. The van der Waals surface area contributed by atoms with E-state index in [2.05, 4.69) is 16.6 Å². The first-order chi connectivity index (χ1) is 8.76. The van der Waals surface area contributed by atoms with Crippen LogP contribution in [0.1, 0.15) is 12.0 Å². The van der Waals surface area contributed by atoms with Gasteiger partial charge in [-0.3, -0.25) is 0 Å². The van der Waals surface area contributed by atoms with Gasteiger partial charge in [-0.1, -0.05) is 11.8 Å². The standard InChI is InChI=1S/C12H10F5NO/c13-11(14,15)12(16,17)19-10-6-4-9(5-7-10)3-1-2-8-18/h4-7H,2,8,18H2. The van der Waals surface area contributed by atoms with Gasteiger partial charge in [-0.2, -0.15) is 22.0 Å². The summed E-state index contributed by atoms with van der Waals surface area (Å²) in [4.78, 5) is 0. The topological polar surface area (TPSA) is 35.2 Å². The van der Waals surface area contributed by atoms with Gasteiger partial charge >= 0.3 is 12.3 Å². The van der Waals surface area contributed by atoms with Gasteiger partial charge in [-0.05, 0) is 24.3 Å². The van der Waals surface area contributed by atoms with Gasteiger partial charge in [0.25, 0.3) is 0 Å². The predicted molar refractivity (Wildman–Crippen MR) is 58.6 cm³/mol. The zero-order valence-corrected chi connectivity index (χ0v) is 9.60. The van der Waals surface area contributed by atoms with Crippen molar-refractivity contribution in [2.24, 2.45) is 5.73 Å². The zero-order chi connectivity index (χ0) is 14.5. The van der Waals surface area contributed by atoms with E-state index in [4.69, 9.17) is 5.73 Å². The molecule has 1 aromatic carbocycles. The lowest BCUT2D eigenvalue weighted by atomic mass is 10.2. The van der Waals surface area contributed by atoms with Crippen LogP contribution in [-0.2, 0) is 0 Å². The summed E-state index contributed by atoms with van der Waals surface area (Å²) in [6.07, 6.45) is -10.5. The van der Waals surface area contributed by atoms with Crippen LogP contribution in [0.15, 0.2) is 24.3 Å². The number of halogens is 5. The molecule has 0 aliphatic rings. The number of hydrogen-bond acceptors (Lipinski definition) is 2. The minimum atomic E-state index is -5.76. The smallest absolute Gasteiger partial charge is 0.426 e. The van der Waals surface area contributed by atoms with E-state index < -0.39 is 18.0 Å². The molecule has 0 unspecified atom stereocenters. The maximum atomic E-state index is 12.6. The Bertz CT molecular complexity index is 470. The van der Waals surface area contributed by atoms with Gasteiger partial charge in [0.2, 0.25) is 0 Å². The Morgan fingerprint density at radius 1 is 1.05 bits per heavy atom. The molecular weight excluding hydrogens is 269 g/mol. The molecule has 2 nitrogen and oxygen atoms in total. The Kier molecular flexibility index (Phi) is 4.72. The molecule has 0 fully saturated rings. The minimum Gasteiger partial charge on any atom is -0.426 e. The van der Waals surface area contributed by atoms with Crippen LogP contribution in [0.3, 0.4) is 0 Å². The lowest BCUT2D eigenvalue weighted by Gasteiger charge is -2.20. The summed E-state index contributed by atoms with van der Waals surface area (Å²) in [6.45, 7) is 0.381. The maximum absolute atomic E-state index is 12.6. The highest BCUT2D eigenvalue weighted by atomic mass is 19.4. The molecule has 0 bridgehead atoms. The number of hydrogen-bond donors (Lipinski definition) is 1. The summed E-state index contributed by atoms with van der Waals surface area (Å²) in [6, 6.07) is 4.55. The quantitative estimate of drug-likeness (QED) is 0.682. The van der Waals surface area contributed by atoms with Crippen molar-refractivity contribution in [3.8, 4) is 17.6 Å². The van der Waals surface area contributed by atoms with Crippen molar-refractivity contribution in [1.29, 1.82) is 0 Å². The average molecular weight is 279 g/mol. The van der Waals surface area contributed by atoms with Crippen LogP contribution < -0.4 is 10.5 Å². The number of benzene rings is 1. The maximum Gasteiger partial charge on any atom is 0.499 e. The third kappa shape index (κ3) is 4.41. The molecular formula is C12H10F5NO. The fourth-order valence-electron chi connectivity index (χ4n) is 1.05. The third-order valence-corrected chi connectivity index (χ3v) is 1.93. The molecule has 0 aromatic heterocycles. The second kappa shape index (κ2) is 5.89. The highest BCUT2D eigenvalue weighted by Gasteiger charge is 2.61. The van der Waals surface area contributed by atoms with E-state index in [0.717, 1.165) is 12.1 Å². The number of rotatable bonds is 3. The van der Waals surface area contributed by atoms with Crippen molar-refractivity contribution in [3.63, 3.8) is 0 Å². The molecule has 104 valence electrons. The molecule has 0 radical (unpaired) electrons. The van der Waals surface area contributed by atoms with Gasteiger partial charge in [-0.25, -0.2) is 0 Å². The van der Waals surface area contributed by atoms with Gasteiger partial charge in [0.15, 0.2) is 0 Å².